The van der Waals surface area contributed by atoms with Crippen LogP contribution in [0.2, 0.25) is 0 Å². The Hall–Kier alpha value is -1.11. The third-order valence-corrected chi connectivity index (χ3v) is 4.29. The molecule has 0 atom stereocenters. The first-order chi connectivity index (χ1) is 8.66. The second kappa shape index (κ2) is 6.17. The zero-order valence-corrected chi connectivity index (χ0v) is 11.7. The van der Waals surface area contributed by atoms with Crippen LogP contribution in [0.15, 0.2) is 18.2 Å². The van der Waals surface area contributed by atoms with Crippen LogP contribution in [0.5, 0.6) is 0 Å². The molecule has 1 aliphatic carbocycles. The van der Waals surface area contributed by atoms with Crippen molar-refractivity contribution < 1.29 is 4.79 Å². The summed E-state index contributed by atoms with van der Waals surface area (Å²) < 4.78 is 0. The maximum absolute atomic E-state index is 12.1. The van der Waals surface area contributed by atoms with Crippen molar-refractivity contribution in [3.05, 3.63) is 34.9 Å². The Balaban J connectivity index is 1.86. The highest BCUT2D eigenvalue weighted by atomic mass is 16.1. The molecule has 1 aliphatic rings. The standard InChI is InChI=1S/C17H24O/c1-13-8-9-15(12-14(13)2)10-11-17(18)16-6-4-3-5-7-16/h8-9,12,16H,3-7,10-11H2,1-2H3. The predicted molar refractivity (Wildman–Crippen MR) is 75.8 cm³/mol. The van der Waals surface area contributed by atoms with E-state index < -0.39 is 0 Å². The van der Waals surface area contributed by atoms with E-state index in [1.54, 1.807) is 0 Å². The van der Waals surface area contributed by atoms with Crippen LogP contribution < -0.4 is 0 Å². The lowest BCUT2D eigenvalue weighted by Crippen LogP contribution is -2.18. The summed E-state index contributed by atoms with van der Waals surface area (Å²) in [4.78, 5) is 12.1. The minimum absolute atomic E-state index is 0.366. The van der Waals surface area contributed by atoms with E-state index in [9.17, 15) is 4.79 Å². The quantitative estimate of drug-likeness (QED) is 0.768. The molecular formula is C17H24O. The van der Waals surface area contributed by atoms with Crippen molar-refractivity contribution in [3.8, 4) is 0 Å². The molecule has 0 heterocycles. The van der Waals surface area contributed by atoms with Gasteiger partial charge in [-0.1, -0.05) is 37.5 Å². The molecule has 0 unspecified atom stereocenters. The molecule has 2 rings (SSSR count). The molecule has 0 spiro atoms. The normalized spacial score (nSPS) is 16.8. The van der Waals surface area contributed by atoms with Crippen LogP contribution in [0.4, 0.5) is 0 Å². The van der Waals surface area contributed by atoms with Gasteiger partial charge in [0.2, 0.25) is 0 Å². The Labute approximate surface area is 111 Å². The number of carbonyl (C=O) groups excluding carboxylic acids is 1. The average molecular weight is 244 g/mol. The van der Waals surface area contributed by atoms with Crippen LogP contribution in [0.3, 0.4) is 0 Å². The highest BCUT2D eigenvalue weighted by Crippen LogP contribution is 2.25. The summed E-state index contributed by atoms with van der Waals surface area (Å²) in [5, 5.41) is 0. The number of aryl methyl sites for hydroxylation is 3. The highest BCUT2D eigenvalue weighted by molar-refractivity contribution is 5.81. The maximum Gasteiger partial charge on any atom is 0.136 e. The van der Waals surface area contributed by atoms with Crippen LogP contribution in [0.1, 0.15) is 55.2 Å². The van der Waals surface area contributed by atoms with Gasteiger partial charge in [-0.2, -0.15) is 0 Å². The van der Waals surface area contributed by atoms with Crippen LogP contribution in [0.25, 0.3) is 0 Å². The van der Waals surface area contributed by atoms with E-state index >= 15 is 0 Å². The number of carbonyl (C=O) groups is 1. The monoisotopic (exact) mass is 244 g/mol. The number of rotatable bonds is 4. The Kier molecular flexibility index (Phi) is 4.57. The molecule has 1 saturated carbocycles. The summed E-state index contributed by atoms with van der Waals surface area (Å²) >= 11 is 0. The molecule has 1 aromatic carbocycles. The van der Waals surface area contributed by atoms with Gasteiger partial charge in [-0.3, -0.25) is 4.79 Å². The Morgan fingerprint density at radius 3 is 2.50 bits per heavy atom. The van der Waals surface area contributed by atoms with Gasteiger partial charge >= 0.3 is 0 Å². The van der Waals surface area contributed by atoms with Gasteiger partial charge in [-0.25, -0.2) is 0 Å². The fourth-order valence-electron chi connectivity index (χ4n) is 2.86. The van der Waals surface area contributed by atoms with Crippen LogP contribution in [-0.2, 0) is 11.2 Å². The molecule has 0 amide bonds. The first-order valence-corrected chi connectivity index (χ1v) is 7.25. The molecule has 1 nitrogen and oxygen atoms in total. The van der Waals surface area contributed by atoms with E-state index in [2.05, 4.69) is 32.0 Å². The van der Waals surface area contributed by atoms with Gasteiger partial charge in [0.1, 0.15) is 5.78 Å². The molecule has 0 N–H and O–H groups in total. The number of Topliss-reactive ketones (excluding diaryl/α,β-unsaturated/α-hetero) is 1. The van der Waals surface area contributed by atoms with E-state index in [0.717, 1.165) is 25.7 Å². The lowest BCUT2D eigenvalue weighted by molar-refractivity contribution is -0.123. The van der Waals surface area contributed by atoms with Gasteiger partial charge in [0.05, 0.1) is 0 Å². The molecule has 0 aromatic heterocycles. The second-order valence-corrected chi connectivity index (χ2v) is 5.72. The summed E-state index contributed by atoms with van der Waals surface area (Å²) in [5.74, 6) is 0.859. The van der Waals surface area contributed by atoms with Gasteiger partial charge in [-0.05, 0) is 49.8 Å². The van der Waals surface area contributed by atoms with Crippen molar-refractivity contribution in [3.63, 3.8) is 0 Å². The zero-order chi connectivity index (χ0) is 13.0. The van der Waals surface area contributed by atoms with Crippen molar-refractivity contribution in [1.29, 1.82) is 0 Å². The molecule has 0 aliphatic heterocycles. The SMILES string of the molecule is Cc1ccc(CCC(=O)C2CCCCC2)cc1C. The van der Waals surface area contributed by atoms with Gasteiger partial charge in [0.25, 0.3) is 0 Å². The predicted octanol–water partition coefficient (Wildman–Crippen LogP) is 4.39. The van der Waals surface area contributed by atoms with E-state index in [0.29, 0.717) is 11.7 Å². The summed E-state index contributed by atoms with van der Waals surface area (Å²) in [6, 6.07) is 6.55. The van der Waals surface area contributed by atoms with Crippen LogP contribution >= 0.6 is 0 Å². The number of ketones is 1. The first-order valence-electron chi connectivity index (χ1n) is 7.25. The largest absolute Gasteiger partial charge is 0.299 e. The van der Waals surface area contributed by atoms with E-state index in [4.69, 9.17) is 0 Å². The highest BCUT2D eigenvalue weighted by Gasteiger charge is 2.20. The average Bonchev–Trinajstić information content (AvgIpc) is 2.41. The van der Waals surface area contributed by atoms with Crippen molar-refractivity contribution in [2.24, 2.45) is 5.92 Å². The molecule has 18 heavy (non-hydrogen) atoms. The lowest BCUT2D eigenvalue weighted by Gasteiger charge is -2.20. The second-order valence-electron chi connectivity index (χ2n) is 5.72. The van der Waals surface area contributed by atoms with E-state index in [1.165, 1.54) is 36.0 Å². The van der Waals surface area contributed by atoms with E-state index in [1.807, 2.05) is 0 Å². The van der Waals surface area contributed by atoms with Gasteiger partial charge in [0, 0.05) is 12.3 Å². The van der Waals surface area contributed by atoms with Crippen molar-refractivity contribution in [1.82, 2.24) is 0 Å². The smallest absolute Gasteiger partial charge is 0.136 e. The summed E-state index contributed by atoms with van der Waals surface area (Å²) in [7, 11) is 0. The van der Waals surface area contributed by atoms with Gasteiger partial charge in [-0.15, -0.1) is 0 Å². The molecule has 0 bridgehead atoms. The minimum Gasteiger partial charge on any atom is -0.299 e. The fraction of sp³-hybridized carbons (Fsp3) is 0.588. The van der Waals surface area contributed by atoms with Crippen LogP contribution in [-0.4, -0.2) is 5.78 Å². The molecule has 1 fully saturated rings. The molecule has 1 heteroatoms. The first kappa shape index (κ1) is 13.3. The van der Waals surface area contributed by atoms with Gasteiger partial charge in [0.15, 0.2) is 0 Å². The van der Waals surface area contributed by atoms with Crippen molar-refractivity contribution in [2.45, 2.75) is 58.8 Å². The Bertz CT molecular complexity index is 414. The zero-order valence-electron chi connectivity index (χ0n) is 11.7. The third kappa shape index (κ3) is 3.44. The van der Waals surface area contributed by atoms with Crippen molar-refractivity contribution in [2.75, 3.05) is 0 Å². The minimum atomic E-state index is 0.366. The summed E-state index contributed by atoms with van der Waals surface area (Å²) in [6.45, 7) is 4.27. The number of hydrogen-bond acceptors (Lipinski definition) is 1. The summed E-state index contributed by atoms with van der Waals surface area (Å²) in [5.41, 5.74) is 3.97. The topological polar surface area (TPSA) is 17.1 Å². The molecule has 98 valence electrons. The number of hydrogen-bond donors (Lipinski definition) is 0. The Morgan fingerprint density at radius 2 is 1.83 bits per heavy atom. The van der Waals surface area contributed by atoms with Crippen molar-refractivity contribution >= 4 is 5.78 Å². The lowest BCUT2D eigenvalue weighted by atomic mass is 9.84. The number of benzene rings is 1. The Morgan fingerprint density at radius 1 is 1.11 bits per heavy atom. The summed E-state index contributed by atoms with van der Waals surface area (Å²) in [6.07, 6.45) is 7.72. The molecule has 1 aromatic rings. The third-order valence-electron chi connectivity index (χ3n) is 4.29. The molecule has 0 radical (unpaired) electrons. The maximum atomic E-state index is 12.1. The van der Waals surface area contributed by atoms with E-state index in [-0.39, 0.29) is 0 Å². The molecular weight excluding hydrogens is 220 g/mol. The van der Waals surface area contributed by atoms with Crippen LogP contribution in [0, 0.1) is 19.8 Å². The van der Waals surface area contributed by atoms with Gasteiger partial charge < -0.3 is 0 Å². The fourth-order valence-corrected chi connectivity index (χ4v) is 2.86. The molecule has 0 saturated heterocycles.